The highest BCUT2D eigenvalue weighted by Crippen LogP contribution is 2.36. The molecule has 0 amide bonds. The van der Waals surface area contributed by atoms with E-state index in [9.17, 15) is 0 Å². The normalized spacial score (nSPS) is 19.3. The highest BCUT2D eigenvalue weighted by Gasteiger charge is 2.39. The molecular weight excluding hydrogens is 256 g/mol. The molecule has 1 atom stereocenters. The molecule has 118 valence electrons. The predicted octanol–water partition coefficient (Wildman–Crippen LogP) is 3.82. The van der Waals surface area contributed by atoms with Gasteiger partial charge in [0, 0.05) is 18.1 Å². The molecule has 1 aromatic carbocycles. The first-order chi connectivity index (χ1) is 9.86. The fraction of sp³-hybridized carbons (Fsp3) is 0.684. The maximum Gasteiger partial charge on any atom is 0.0328 e. The van der Waals surface area contributed by atoms with Crippen molar-refractivity contribution >= 4 is 0 Å². The van der Waals surface area contributed by atoms with Gasteiger partial charge >= 0.3 is 0 Å². The summed E-state index contributed by atoms with van der Waals surface area (Å²) in [5.74, 6) is 0. The first-order valence-electron chi connectivity index (χ1n) is 8.32. The molecule has 2 nitrogen and oxygen atoms in total. The van der Waals surface area contributed by atoms with Crippen LogP contribution in [0.3, 0.4) is 0 Å². The van der Waals surface area contributed by atoms with Crippen molar-refractivity contribution in [1.29, 1.82) is 0 Å². The zero-order valence-corrected chi connectivity index (χ0v) is 14.4. The molecule has 1 aliphatic carbocycles. The lowest BCUT2D eigenvalue weighted by Crippen LogP contribution is -2.57. The first-order valence-corrected chi connectivity index (χ1v) is 8.32. The van der Waals surface area contributed by atoms with Gasteiger partial charge in [0.2, 0.25) is 0 Å². The Morgan fingerprint density at radius 3 is 2.29 bits per heavy atom. The molecule has 0 saturated heterocycles. The van der Waals surface area contributed by atoms with E-state index in [1.54, 1.807) is 0 Å². The van der Waals surface area contributed by atoms with Crippen molar-refractivity contribution in [3.63, 3.8) is 0 Å². The Hall–Kier alpha value is -0.860. The second-order valence-corrected chi connectivity index (χ2v) is 7.71. The van der Waals surface area contributed by atoms with Crippen LogP contribution in [0.1, 0.15) is 52.0 Å². The van der Waals surface area contributed by atoms with Crippen molar-refractivity contribution in [3.05, 3.63) is 35.9 Å². The van der Waals surface area contributed by atoms with Crippen molar-refractivity contribution < 1.29 is 0 Å². The van der Waals surface area contributed by atoms with Gasteiger partial charge in [-0.05, 0) is 57.7 Å². The van der Waals surface area contributed by atoms with Crippen LogP contribution in [0.4, 0.5) is 0 Å². The molecule has 0 aliphatic heterocycles. The van der Waals surface area contributed by atoms with Gasteiger partial charge in [0.05, 0.1) is 0 Å². The van der Waals surface area contributed by atoms with Gasteiger partial charge in [0.25, 0.3) is 0 Å². The Labute approximate surface area is 130 Å². The number of nitrogens with one attached hydrogen (secondary N) is 1. The van der Waals surface area contributed by atoms with Crippen LogP contribution in [0.2, 0.25) is 0 Å². The summed E-state index contributed by atoms with van der Waals surface area (Å²) in [7, 11) is 4.44. The third kappa shape index (κ3) is 3.87. The van der Waals surface area contributed by atoms with Gasteiger partial charge < -0.3 is 10.2 Å². The van der Waals surface area contributed by atoms with E-state index in [1.807, 2.05) is 0 Å². The first kappa shape index (κ1) is 16.5. The van der Waals surface area contributed by atoms with E-state index in [4.69, 9.17) is 0 Å². The summed E-state index contributed by atoms with van der Waals surface area (Å²) >= 11 is 0. The average molecular weight is 288 g/mol. The van der Waals surface area contributed by atoms with Crippen LogP contribution in [-0.4, -0.2) is 37.1 Å². The van der Waals surface area contributed by atoms with Crippen molar-refractivity contribution in [1.82, 2.24) is 10.2 Å². The van der Waals surface area contributed by atoms with Crippen LogP contribution < -0.4 is 5.32 Å². The number of likely N-dealkylation sites (N-methyl/N-ethyl adjacent to an activating group) is 1. The fourth-order valence-corrected chi connectivity index (χ4v) is 3.58. The molecule has 0 radical (unpaired) electrons. The summed E-state index contributed by atoms with van der Waals surface area (Å²) in [6.45, 7) is 8.15. The second-order valence-electron chi connectivity index (χ2n) is 7.71. The third-order valence-electron chi connectivity index (χ3n) is 5.38. The predicted molar refractivity (Wildman–Crippen MR) is 91.8 cm³/mol. The van der Waals surface area contributed by atoms with Gasteiger partial charge in [-0.25, -0.2) is 0 Å². The molecule has 2 rings (SSSR count). The van der Waals surface area contributed by atoms with E-state index in [1.165, 1.54) is 31.2 Å². The summed E-state index contributed by atoms with van der Waals surface area (Å²) in [4.78, 5) is 2.42. The minimum atomic E-state index is 0.221. The fourth-order valence-electron chi connectivity index (χ4n) is 3.58. The molecule has 1 N–H and O–H groups in total. The SMILES string of the molecule is CC(CC(C)(C)c1ccccc1)NCC1(N(C)C)CCC1. The van der Waals surface area contributed by atoms with Crippen molar-refractivity contribution in [2.75, 3.05) is 20.6 Å². The molecule has 0 bridgehead atoms. The molecule has 1 aliphatic rings. The molecule has 1 saturated carbocycles. The molecule has 0 heterocycles. The van der Waals surface area contributed by atoms with Crippen LogP contribution in [0.25, 0.3) is 0 Å². The quantitative estimate of drug-likeness (QED) is 0.820. The minimum Gasteiger partial charge on any atom is -0.312 e. The largest absolute Gasteiger partial charge is 0.312 e. The molecule has 2 heteroatoms. The number of rotatable bonds is 7. The standard InChI is InChI=1S/C19H32N2/c1-16(20-15-19(21(4)5)12-9-13-19)14-18(2,3)17-10-7-6-8-11-17/h6-8,10-11,16,20H,9,12-15H2,1-5H3. The minimum absolute atomic E-state index is 0.221. The number of benzene rings is 1. The lowest BCUT2D eigenvalue weighted by atomic mass is 9.75. The smallest absolute Gasteiger partial charge is 0.0328 e. The Bertz CT molecular complexity index is 432. The van der Waals surface area contributed by atoms with Crippen molar-refractivity contribution in [3.8, 4) is 0 Å². The highest BCUT2D eigenvalue weighted by atomic mass is 15.2. The van der Waals surface area contributed by atoms with Gasteiger partial charge in [0.15, 0.2) is 0 Å². The van der Waals surface area contributed by atoms with E-state index in [-0.39, 0.29) is 5.41 Å². The number of nitrogens with zero attached hydrogens (tertiary/aromatic N) is 1. The zero-order valence-electron chi connectivity index (χ0n) is 14.4. The van der Waals surface area contributed by atoms with Gasteiger partial charge in [-0.15, -0.1) is 0 Å². The van der Waals surface area contributed by atoms with Gasteiger partial charge in [-0.1, -0.05) is 44.2 Å². The molecule has 0 aromatic heterocycles. The van der Waals surface area contributed by atoms with E-state index >= 15 is 0 Å². The molecule has 1 aromatic rings. The maximum absolute atomic E-state index is 3.79. The Balaban J connectivity index is 1.88. The van der Waals surface area contributed by atoms with E-state index < -0.39 is 0 Å². The number of hydrogen-bond acceptors (Lipinski definition) is 2. The second kappa shape index (κ2) is 6.50. The maximum atomic E-state index is 3.79. The van der Waals surface area contributed by atoms with Crippen LogP contribution in [0.5, 0.6) is 0 Å². The van der Waals surface area contributed by atoms with Crippen molar-refractivity contribution in [2.24, 2.45) is 0 Å². The van der Waals surface area contributed by atoms with Gasteiger partial charge in [-0.3, -0.25) is 0 Å². The lowest BCUT2D eigenvalue weighted by molar-refractivity contribution is 0.0567. The molecular formula is C19H32N2. The lowest BCUT2D eigenvalue weighted by Gasteiger charge is -2.48. The third-order valence-corrected chi connectivity index (χ3v) is 5.38. The summed E-state index contributed by atoms with van der Waals surface area (Å²) in [6.07, 6.45) is 5.22. The van der Waals surface area contributed by atoms with Gasteiger partial charge in [-0.2, -0.15) is 0 Å². The van der Waals surface area contributed by atoms with Crippen LogP contribution in [0, 0.1) is 0 Å². The summed E-state index contributed by atoms with van der Waals surface area (Å²) in [5, 5.41) is 3.79. The Kier molecular flexibility index (Phi) is 5.11. The summed E-state index contributed by atoms with van der Waals surface area (Å²) < 4.78 is 0. The van der Waals surface area contributed by atoms with E-state index in [2.05, 4.69) is 75.4 Å². The molecule has 21 heavy (non-hydrogen) atoms. The molecule has 0 spiro atoms. The monoisotopic (exact) mass is 288 g/mol. The summed E-state index contributed by atoms with van der Waals surface area (Å²) in [5.41, 5.74) is 2.06. The topological polar surface area (TPSA) is 15.3 Å². The van der Waals surface area contributed by atoms with Crippen molar-refractivity contribution in [2.45, 2.75) is 63.5 Å². The zero-order chi connectivity index (χ0) is 15.5. The molecule has 1 fully saturated rings. The van der Waals surface area contributed by atoms with Crippen LogP contribution in [-0.2, 0) is 5.41 Å². The highest BCUT2D eigenvalue weighted by molar-refractivity contribution is 5.23. The van der Waals surface area contributed by atoms with Crippen LogP contribution >= 0.6 is 0 Å². The van der Waals surface area contributed by atoms with E-state index in [0.29, 0.717) is 11.6 Å². The number of hydrogen-bond donors (Lipinski definition) is 1. The average Bonchev–Trinajstić information content (AvgIpc) is 2.37. The Morgan fingerprint density at radius 2 is 1.81 bits per heavy atom. The Morgan fingerprint density at radius 1 is 1.19 bits per heavy atom. The van der Waals surface area contributed by atoms with Gasteiger partial charge in [0.1, 0.15) is 0 Å². The molecule has 1 unspecified atom stereocenters. The van der Waals surface area contributed by atoms with E-state index in [0.717, 1.165) is 6.54 Å². The van der Waals surface area contributed by atoms with Crippen LogP contribution in [0.15, 0.2) is 30.3 Å². The summed E-state index contributed by atoms with van der Waals surface area (Å²) in [6, 6.07) is 11.4.